The number of carbonyl (C=O) groups is 1. The van der Waals surface area contributed by atoms with Crippen LogP contribution in [0.15, 0.2) is 42.6 Å². The van der Waals surface area contributed by atoms with E-state index in [1.807, 2.05) is 6.20 Å². The molecule has 0 radical (unpaired) electrons. The van der Waals surface area contributed by atoms with Gasteiger partial charge in [-0.25, -0.2) is 0 Å². The summed E-state index contributed by atoms with van der Waals surface area (Å²) in [6.45, 7) is 4.71. The zero-order valence-electron chi connectivity index (χ0n) is 17.8. The maximum absolute atomic E-state index is 12.2. The normalized spacial score (nSPS) is 15.9. The van der Waals surface area contributed by atoms with E-state index in [2.05, 4.69) is 60.5 Å². The average Bonchev–Trinajstić information content (AvgIpc) is 3.19. The number of nitrogens with one attached hydrogen (secondary N) is 2. The highest BCUT2D eigenvalue weighted by molar-refractivity contribution is 5.91. The third-order valence-electron chi connectivity index (χ3n) is 5.93. The van der Waals surface area contributed by atoms with E-state index in [9.17, 15) is 4.79 Å². The number of hydrogen-bond donors (Lipinski definition) is 3. The molecule has 4 rings (SSSR count). The van der Waals surface area contributed by atoms with E-state index < -0.39 is 0 Å². The third-order valence-corrected chi connectivity index (χ3v) is 5.93. The Bertz CT molecular complexity index is 1040. The molecule has 0 amide bonds. The van der Waals surface area contributed by atoms with E-state index in [4.69, 9.17) is 10.5 Å². The summed E-state index contributed by atoms with van der Waals surface area (Å²) in [5.41, 5.74) is 12.6. The minimum Gasteiger partial charge on any atom is -0.465 e. The highest BCUT2D eigenvalue weighted by atomic mass is 16.5. The topological polar surface area (TPSA) is 80.1 Å². The Morgan fingerprint density at radius 1 is 1.30 bits per heavy atom. The molecule has 0 aliphatic heterocycles. The first kappa shape index (κ1) is 20.3. The number of carbonyl (C=O) groups excluding carboxylic acids is 1. The second-order valence-corrected chi connectivity index (χ2v) is 8.67. The molecule has 1 heterocycles. The van der Waals surface area contributed by atoms with Gasteiger partial charge in [0.1, 0.15) is 0 Å². The highest BCUT2D eigenvalue weighted by Crippen LogP contribution is 2.36. The molecule has 5 heteroatoms. The van der Waals surface area contributed by atoms with Crippen LogP contribution in [0.25, 0.3) is 10.9 Å². The summed E-state index contributed by atoms with van der Waals surface area (Å²) in [5, 5.41) is 4.91. The van der Waals surface area contributed by atoms with Crippen molar-refractivity contribution in [3.63, 3.8) is 0 Å². The van der Waals surface area contributed by atoms with Crippen molar-refractivity contribution in [2.75, 3.05) is 17.7 Å². The van der Waals surface area contributed by atoms with Gasteiger partial charge in [0.15, 0.2) is 0 Å². The lowest BCUT2D eigenvalue weighted by atomic mass is 9.85. The molecule has 0 fully saturated rings. The second kappa shape index (κ2) is 8.82. The van der Waals surface area contributed by atoms with Gasteiger partial charge in [-0.3, -0.25) is 4.79 Å². The summed E-state index contributed by atoms with van der Waals surface area (Å²) in [6, 6.07) is 12.7. The van der Waals surface area contributed by atoms with Crippen molar-refractivity contribution in [1.82, 2.24) is 4.98 Å². The van der Waals surface area contributed by atoms with Crippen LogP contribution in [0.4, 0.5) is 11.4 Å². The Balaban J connectivity index is 1.51. The number of esters is 1. The predicted octanol–water partition coefficient (Wildman–Crippen LogP) is 5.37. The maximum Gasteiger partial charge on any atom is 0.310 e. The largest absolute Gasteiger partial charge is 0.465 e. The van der Waals surface area contributed by atoms with Crippen molar-refractivity contribution in [2.24, 2.45) is 5.92 Å². The molecule has 158 valence electrons. The number of aromatic amines is 1. The van der Waals surface area contributed by atoms with Crippen LogP contribution in [-0.2, 0) is 22.4 Å². The van der Waals surface area contributed by atoms with Gasteiger partial charge in [-0.15, -0.1) is 0 Å². The number of rotatable bonds is 7. The molecule has 1 unspecified atom stereocenters. The lowest BCUT2D eigenvalue weighted by Gasteiger charge is -2.28. The summed E-state index contributed by atoms with van der Waals surface area (Å²) in [6.07, 6.45) is 6.25. The molecule has 30 heavy (non-hydrogen) atoms. The summed E-state index contributed by atoms with van der Waals surface area (Å²) in [5.74, 6) is 0.319. The quantitative estimate of drug-likeness (QED) is 0.365. The minimum absolute atomic E-state index is 0.203. The van der Waals surface area contributed by atoms with Crippen LogP contribution in [0, 0.1) is 5.92 Å². The number of nitrogens with two attached hydrogens (primary N) is 1. The van der Waals surface area contributed by atoms with Gasteiger partial charge in [0.25, 0.3) is 0 Å². The van der Waals surface area contributed by atoms with E-state index in [1.165, 1.54) is 16.5 Å². The number of aryl methyl sites for hydroxylation is 1. The van der Waals surface area contributed by atoms with E-state index in [0.717, 1.165) is 42.5 Å². The fraction of sp³-hybridized carbons (Fsp3) is 0.400. The lowest BCUT2D eigenvalue weighted by Crippen LogP contribution is -2.19. The summed E-state index contributed by atoms with van der Waals surface area (Å²) < 4.78 is 5.38. The Labute approximate surface area is 178 Å². The van der Waals surface area contributed by atoms with Gasteiger partial charge < -0.3 is 20.8 Å². The fourth-order valence-corrected chi connectivity index (χ4v) is 4.23. The molecule has 0 saturated heterocycles. The third kappa shape index (κ3) is 4.45. The maximum atomic E-state index is 12.2. The van der Waals surface area contributed by atoms with Crippen molar-refractivity contribution in [2.45, 2.75) is 52.0 Å². The van der Waals surface area contributed by atoms with Crippen molar-refractivity contribution in [3.05, 3.63) is 59.3 Å². The molecule has 5 nitrogen and oxygen atoms in total. The molecule has 4 N–H and O–H groups in total. The van der Waals surface area contributed by atoms with Gasteiger partial charge in [0.05, 0.1) is 30.3 Å². The van der Waals surface area contributed by atoms with E-state index in [1.54, 1.807) is 0 Å². The number of fused-ring (bicyclic) bond motifs is 2. The van der Waals surface area contributed by atoms with Gasteiger partial charge in [-0.05, 0) is 66.5 Å². The predicted molar refractivity (Wildman–Crippen MR) is 123 cm³/mol. The Hall–Kier alpha value is -2.95. The molecule has 1 aromatic heterocycles. The molecule has 1 aliphatic carbocycles. The van der Waals surface area contributed by atoms with Crippen LogP contribution < -0.4 is 11.1 Å². The van der Waals surface area contributed by atoms with Crippen LogP contribution in [0.3, 0.4) is 0 Å². The number of nitrogen functional groups attached to an aromatic ring is 1. The fourth-order valence-electron chi connectivity index (χ4n) is 4.23. The van der Waals surface area contributed by atoms with Crippen molar-refractivity contribution in [3.8, 4) is 0 Å². The highest BCUT2D eigenvalue weighted by Gasteiger charge is 2.23. The Kier molecular flexibility index (Phi) is 5.98. The smallest absolute Gasteiger partial charge is 0.310 e. The average molecular weight is 406 g/mol. The molecule has 0 bridgehead atoms. The first-order chi connectivity index (χ1) is 14.5. The first-order valence-corrected chi connectivity index (χ1v) is 10.9. The van der Waals surface area contributed by atoms with Gasteiger partial charge in [-0.2, -0.15) is 0 Å². The Morgan fingerprint density at radius 2 is 2.17 bits per heavy atom. The summed E-state index contributed by atoms with van der Waals surface area (Å²) in [4.78, 5) is 15.6. The van der Waals surface area contributed by atoms with Crippen molar-refractivity contribution >= 4 is 28.2 Å². The number of H-pyrrole nitrogens is 1. The number of anilines is 2. The molecular formula is C25H31N3O2. The van der Waals surface area contributed by atoms with E-state index in [0.29, 0.717) is 18.2 Å². The lowest BCUT2D eigenvalue weighted by molar-refractivity contribution is -0.143. The zero-order valence-corrected chi connectivity index (χ0v) is 17.8. The molecule has 0 spiro atoms. The number of aromatic nitrogens is 1. The number of benzene rings is 2. The molecule has 0 saturated carbocycles. The SMILES string of the molecule is CC(C)CCOC(=O)Cc1cc2c(cc1N)C(Nc1cccc3cc[nH]c13)CCC2. The Morgan fingerprint density at radius 3 is 3.00 bits per heavy atom. The van der Waals surface area contributed by atoms with Crippen LogP contribution in [-0.4, -0.2) is 17.6 Å². The molecule has 2 aromatic carbocycles. The molecular weight excluding hydrogens is 374 g/mol. The number of para-hydroxylation sites is 1. The van der Waals surface area contributed by atoms with Crippen LogP contribution in [0.5, 0.6) is 0 Å². The monoisotopic (exact) mass is 405 g/mol. The standard InChI is InChI=1S/C25H31N3O2/c1-16(2)10-12-30-24(29)14-19-13-18-6-4-7-22(20(18)15-21(19)26)28-23-8-3-5-17-9-11-27-25(17)23/h3,5,8-9,11,13,15-16,22,27-28H,4,6-7,10,12,14,26H2,1-2H3. The van der Waals surface area contributed by atoms with Gasteiger partial charge in [0.2, 0.25) is 0 Å². The molecule has 1 aliphatic rings. The molecule has 1 atom stereocenters. The summed E-state index contributed by atoms with van der Waals surface area (Å²) in [7, 11) is 0. The van der Waals surface area contributed by atoms with E-state index in [-0.39, 0.29) is 18.4 Å². The first-order valence-electron chi connectivity index (χ1n) is 10.9. The van der Waals surface area contributed by atoms with Crippen molar-refractivity contribution < 1.29 is 9.53 Å². The van der Waals surface area contributed by atoms with Crippen LogP contribution >= 0.6 is 0 Å². The second-order valence-electron chi connectivity index (χ2n) is 8.67. The van der Waals surface area contributed by atoms with Crippen molar-refractivity contribution in [1.29, 1.82) is 0 Å². The molecule has 3 aromatic rings. The zero-order chi connectivity index (χ0) is 21.1. The van der Waals surface area contributed by atoms with Crippen LogP contribution in [0.2, 0.25) is 0 Å². The van der Waals surface area contributed by atoms with Gasteiger partial charge in [-0.1, -0.05) is 32.0 Å². The number of hydrogen-bond acceptors (Lipinski definition) is 4. The summed E-state index contributed by atoms with van der Waals surface area (Å²) >= 11 is 0. The van der Waals surface area contributed by atoms with E-state index >= 15 is 0 Å². The van der Waals surface area contributed by atoms with Gasteiger partial charge in [0, 0.05) is 17.3 Å². The van der Waals surface area contributed by atoms with Crippen LogP contribution in [0.1, 0.15) is 55.8 Å². The minimum atomic E-state index is -0.203. The number of ether oxygens (including phenoxy) is 1. The van der Waals surface area contributed by atoms with Gasteiger partial charge >= 0.3 is 5.97 Å².